The molecule has 1 N–H and O–H groups in total. The number of rotatable bonds is 11. The molecule has 1 aliphatic carbocycles. The van der Waals surface area contributed by atoms with E-state index < -0.39 is 28.5 Å². The van der Waals surface area contributed by atoms with Crippen LogP contribution >= 0.6 is 27.5 Å². The largest absolute Gasteiger partial charge is 0.352 e. The summed E-state index contributed by atoms with van der Waals surface area (Å²) in [6.07, 6.45) is 5.26. The molecule has 1 aliphatic rings. The molecule has 0 unspecified atom stereocenters. The van der Waals surface area contributed by atoms with E-state index in [1.54, 1.807) is 18.2 Å². The first-order valence-electron chi connectivity index (χ1n) is 13.2. The van der Waals surface area contributed by atoms with E-state index in [1.165, 1.54) is 11.0 Å². The molecule has 0 aromatic heterocycles. The molecule has 2 amide bonds. The van der Waals surface area contributed by atoms with Gasteiger partial charge in [-0.25, -0.2) is 8.42 Å². The minimum Gasteiger partial charge on any atom is -0.352 e. The zero-order chi connectivity index (χ0) is 28.7. The second-order valence-corrected chi connectivity index (χ2v) is 13.4. The van der Waals surface area contributed by atoms with Crippen LogP contribution in [0.1, 0.15) is 36.8 Å². The number of benzene rings is 3. The maximum atomic E-state index is 14.1. The Morgan fingerprint density at radius 1 is 0.975 bits per heavy atom. The van der Waals surface area contributed by atoms with Gasteiger partial charge in [-0.3, -0.25) is 13.9 Å². The lowest BCUT2D eigenvalue weighted by Gasteiger charge is -2.34. The summed E-state index contributed by atoms with van der Waals surface area (Å²) in [5, 5.41) is 3.51. The maximum Gasteiger partial charge on any atom is 0.244 e. The lowest BCUT2D eigenvalue weighted by atomic mass is 10.0. The monoisotopic (exact) mass is 645 g/mol. The summed E-state index contributed by atoms with van der Waals surface area (Å²) >= 11 is 9.59. The Morgan fingerprint density at radius 2 is 1.65 bits per heavy atom. The smallest absolute Gasteiger partial charge is 0.244 e. The van der Waals surface area contributed by atoms with Gasteiger partial charge in [0.25, 0.3) is 0 Å². The zero-order valence-corrected chi connectivity index (χ0v) is 25.5. The molecule has 0 heterocycles. The van der Waals surface area contributed by atoms with Gasteiger partial charge in [0.05, 0.1) is 11.9 Å². The number of carbonyl (C=O) groups excluding carboxylic acids is 2. The molecule has 1 fully saturated rings. The van der Waals surface area contributed by atoms with Crippen molar-refractivity contribution in [3.05, 3.63) is 99.5 Å². The van der Waals surface area contributed by atoms with Crippen LogP contribution in [0.15, 0.2) is 83.3 Å². The maximum absolute atomic E-state index is 14.1. The first-order chi connectivity index (χ1) is 19.1. The number of carbonyl (C=O) groups is 2. The van der Waals surface area contributed by atoms with Crippen LogP contribution in [0.25, 0.3) is 0 Å². The van der Waals surface area contributed by atoms with Gasteiger partial charge in [0.15, 0.2) is 0 Å². The number of nitrogens with zero attached hydrogens (tertiary/aromatic N) is 2. The minimum atomic E-state index is -3.84. The molecule has 7 nitrogen and oxygen atoms in total. The van der Waals surface area contributed by atoms with Gasteiger partial charge in [0.2, 0.25) is 21.8 Å². The summed E-state index contributed by atoms with van der Waals surface area (Å²) in [7, 11) is -3.84. The number of amides is 2. The van der Waals surface area contributed by atoms with Crippen molar-refractivity contribution in [3.63, 3.8) is 0 Å². The van der Waals surface area contributed by atoms with Crippen LogP contribution in [0, 0.1) is 0 Å². The Morgan fingerprint density at radius 3 is 2.27 bits per heavy atom. The predicted octanol–water partition coefficient (Wildman–Crippen LogP) is 5.57. The number of nitrogens with one attached hydrogen (secondary N) is 1. The van der Waals surface area contributed by atoms with Crippen molar-refractivity contribution in [2.24, 2.45) is 0 Å². The molecule has 0 bridgehead atoms. The average Bonchev–Trinajstić information content (AvgIpc) is 3.43. The SMILES string of the molecule is CS(=O)(=O)N(CC(=O)N(Cc1ccc(Br)cc1)[C@H](Cc1ccccc1)C(=O)NC1CCCC1)c1cccc(Cl)c1. The highest BCUT2D eigenvalue weighted by Gasteiger charge is 2.34. The first-order valence-corrected chi connectivity index (χ1v) is 16.2. The van der Waals surface area contributed by atoms with Crippen LogP contribution in [-0.2, 0) is 32.6 Å². The second-order valence-electron chi connectivity index (χ2n) is 10.1. The third-order valence-corrected chi connectivity index (χ3v) is 8.92. The highest BCUT2D eigenvalue weighted by atomic mass is 79.9. The van der Waals surface area contributed by atoms with Gasteiger partial charge in [0.1, 0.15) is 12.6 Å². The van der Waals surface area contributed by atoms with Gasteiger partial charge >= 0.3 is 0 Å². The molecule has 1 atom stereocenters. The molecule has 0 saturated heterocycles. The summed E-state index contributed by atoms with van der Waals surface area (Å²) in [5.74, 6) is -0.731. The lowest BCUT2D eigenvalue weighted by molar-refractivity contribution is -0.140. The molecule has 3 aromatic rings. The minimum absolute atomic E-state index is 0.0642. The van der Waals surface area contributed by atoms with Gasteiger partial charge in [-0.1, -0.05) is 88.9 Å². The van der Waals surface area contributed by atoms with Gasteiger partial charge < -0.3 is 10.2 Å². The van der Waals surface area contributed by atoms with Gasteiger partial charge in [-0.15, -0.1) is 0 Å². The third kappa shape index (κ3) is 8.32. The van der Waals surface area contributed by atoms with E-state index in [9.17, 15) is 18.0 Å². The Balaban J connectivity index is 1.72. The van der Waals surface area contributed by atoms with E-state index in [2.05, 4.69) is 21.2 Å². The van der Waals surface area contributed by atoms with Crippen molar-refractivity contribution in [1.82, 2.24) is 10.2 Å². The molecule has 0 spiro atoms. The standard InChI is InChI=1S/C30H33BrClN3O4S/c1-40(38,39)35(27-13-7-10-25(32)19-27)21-29(36)34(20-23-14-16-24(31)17-15-23)28(18-22-8-3-2-4-9-22)30(37)33-26-11-5-6-12-26/h2-4,7-10,13-17,19,26,28H,5-6,11-12,18,20-21H2,1H3,(H,33,37)/t28-/m1/s1. The van der Waals surface area contributed by atoms with E-state index in [0.717, 1.165) is 51.8 Å². The molecule has 4 rings (SSSR count). The van der Waals surface area contributed by atoms with Crippen LogP contribution in [0.4, 0.5) is 5.69 Å². The fraction of sp³-hybridized carbons (Fsp3) is 0.333. The van der Waals surface area contributed by atoms with E-state index in [4.69, 9.17) is 11.6 Å². The normalized spacial score (nSPS) is 14.5. The van der Waals surface area contributed by atoms with Crippen molar-refractivity contribution in [3.8, 4) is 0 Å². The summed E-state index contributed by atoms with van der Waals surface area (Å²) in [6, 6.07) is 22.6. The molecule has 40 heavy (non-hydrogen) atoms. The molecular formula is C30H33BrClN3O4S. The van der Waals surface area contributed by atoms with Crippen LogP contribution in [0.5, 0.6) is 0 Å². The summed E-state index contributed by atoms with van der Waals surface area (Å²) in [4.78, 5) is 29.4. The highest BCUT2D eigenvalue weighted by Crippen LogP contribution is 2.24. The number of hydrogen-bond acceptors (Lipinski definition) is 4. The van der Waals surface area contributed by atoms with Crippen LogP contribution in [0.3, 0.4) is 0 Å². The highest BCUT2D eigenvalue weighted by molar-refractivity contribution is 9.10. The Labute approximate surface area is 249 Å². The lowest BCUT2D eigenvalue weighted by Crippen LogP contribution is -2.54. The summed E-state index contributed by atoms with van der Waals surface area (Å²) < 4.78 is 27.6. The van der Waals surface area contributed by atoms with Crippen LogP contribution < -0.4 is 9.62 Å². The Kier molecular flexibility index (Phi) is 10.3. The first kappa shape index (κ1) is 30.1. The molecule has 10 heteroatoms. The fourth-order valence-electron chi connectivity index (χ4n) is 4.95. The number of sulfonamides is 1. The zero-order valence-electron chi connectivity index (χ0n) is 22.3. The van der Waals surface area contributed by atoms with Crippen LogP contribution in [0.2, 0.25) is 5.02 Å². The van der Waals surface area contributed by atoms with Gasteiger partial charge in [0, 0.05) is 28.5 Å². The molecule has 1 saturated carbocycles. The summed E-state index contributed by atoms with van der Waals surface area (Å²) in [6.45, 7) is -0.341. The van der Waals surface area contributed by atoms with E-state index in [1.807, 2.05) is 54.6 Å². The topological polar surface area (TPSA) is 86.8 Å². The van der Waals surface area contributed by atoms with Gasteiger partial charge in [-0.2, -0.15) is 0 Å². The van der Waals surface area contributed by atoms with Crippen LogP contribution in [-0.4, -0.2) is 50.0 Å². The summed E-state index contributed by atoms with van der Waals surface area (Å²) in [5.41, 5.74) is 2.00. The number of hydrogen-bond donors (Lipinski definition) is 1. The second kappa shape index (κ2) is 13.7. The third-order valence-electron chi connectivity index (χ3n) is 7.01. The number of halogens is 2. The quantitative estimate of drug-likeness (QED) is 0.295. The van der Waals surface area contributed by atoms with Crippen molar-refractivity contribution in [1.29, 1.82) is 0 Å². The Hall–Kier alpha value is -2.88. The molecule has 3 aromatic carbocycles. The van der Waals surface area contributed by atoms with E-state index in [-0.39, 0.29) is 30.6 Å². The molecule has 0 radical (unpaired) electrons. The van der Waals surface area contributed by atoms with Gasteiger partial charge in [-0.05, 0) is 54.3 Å². The molecular weight excluding hydrogens is 614 g/mol. The van der Waals surface area contributed by atoms with Crippen molar-refractivity contribution >= 4 is 55.1 Å². The molecule has 212 valence electrons. The van der Waals surface area contributed by atoms with Crippen molar-refractivity contribution in [2.75, 3.05) is 17.1 Å². The fourth-order valence-corrected chi connectivity index (χ4v) is 6.24. The van der Waals surface area contributed by atoms with Crippen molar-refractivity contribution in [2.45, 2.75) is 50.7 Å². The average molecular weight is 647 g/mol. The Bertz CT molecular complexity index is 1410. The van der Waals surface area contributed by atoms with Crippen molar-refractivity contribution < 1.29 is 18.0 Å². The van der Waals surface area contributed by atoms with E-state index >= 15 is 0 Å². The number of anilines is 1. The predicted molar refractivity (Wildman–Crippen MR) is 163 cm³/mol. The molecule has 0 aliphatic heterocycles. The van der Waals surface area contributed by atoms with E-state index in [0.29, 0.717) is 5.02 Å².